The van der Waals surface area contributed by atoms with Gasteiger partial charge in [0.2, 0.25) is 11.1 Å². The topological polar surface area (TPSA) is 114 Å². The van der Waals surface area contributed by atoms with Gasteiger partial charge in [-0.3, -0.25) is 14.7 Å². The van der Waals surface area contributed by atoms with E-state index in [2.05, 4.69) is 27.4 Å². The van der Waals surface area contributed by atoms with Crippen molar-refractivity contribution in [1.82, 2.24) is 15.2 Å². The van der Waals surface area contributed by atoms with Gasteiger partial charge in [-0.25, -0.2) is 4.98 Å². The summed E-state index contributed by atoms with van der Waals surface area (Å²) < 4.78 is 0. The predicted octanol–water partition coefficient (Wildman–Crippen LogP) is 3.55. The number of thioether (sulfide) groups is 1. The minimum atomic E-state index is -0.482. The molecule has 146 valence electrons. The molecule has 2 amide bonds. The first-order valence-electron chi connectivity index (χ1n) is 8.84. The summed E-state index contributed by atoms with van der Waals surface area (Å²) in [6.07, 6.45) is 2.79. The Balaban J connectivity index is 1.42. The molecule has 7 nitrogen and oxygen atoms in total. The molecule has 0 aromatic carbocycles. The summed E-state index contributed by atoms with van der Waals surface area (Å²) in [4.78, 5) is 30.9. The van der Waals surface area contributed by atoms with Crippen molar-refractivity contribution >= 4 is 51.3 Å². The predicted molar refractivity (Wildman–Crippen MR) is 113 cm³/mol. The maximum Gasteiger partial charge on any atom is 0.251 e. The summed E-state index contributed by atoms with van der Waals surface area (Å²) in [5.41, 5.74) is 7.08. The van der Waals surface area contributed by atoms with E-state index in [0.717, 1.165) is 34.6 Å². The molecule has 4 N–H and O–H groups in total. The molecule has 0 aliphatic heterocycles. The number of carbonyl (C=O) groups excluding carboxylic acids is 2. The Hall–Kier alpha value is -2.17. The second-order valence-corrected chi connectivity index (χ2v) is 9.70. The number of nitrogens with two attached hydrogens (primary N) is 1. The van der Waals surface area contributed by atoms with Gasteiger partial charge in [-0.15, -0.1) is 27.8 Å². The normalized spacial score (nSPS) is 16.0. The van der Waals surface area contributed by atoms with Crippen molar-refractivity contribution < 1.29 is 9.59 Å². The summed E-state index contributed by atoms with van der Waals surface area (Å²) in [6.45, 7) is 2.20. The van der Waals surface area contributed by atoms with Crippen molar-refractivity contribution in [2.24, 2.45) is 11.7 Å². The van der Waals surface area contributed by atoms with Crippen molar-refractivity contribution in [2.45, 2.75) is 31.3 Å². The van der Waals surface area contributed by atoms with Crippen molar-refractivity contribution in [3.8, 4) is 10.7 Å². The lowest BCUT2D eigenvalue weighted by Crippen LogP contribution is -2.20. The van der Waals surface area contributed by atoms with Crippen molar-refractivity contribution in [3.05, 3.63) is 33.5 Å². The highest BCUT2D eigenvalue weighted by molar-refractivity contribution is 7.99. The largest absolute Gasteiger partial charge is 0.365 e. The number of aromatic amines is 1. The first-order chi connectivity index (χ1) is 13.5. The van der Waals surface area contributed by atoms with E-state index in [1.165, 1.54) is 23.1 Å². The zero-order valence-electron chi connectivity index (χ0n) is 15.2. The molecule has 0 saturated carbocycles. The van der Waals surface area contributed by atoms with Crippen LogP contribution in [0.2, 0.25) is 0 Å². The minimum absolute atomic E-state index is 0.152. The highest BCUT2D eigenvalue weighted by Gasteiger charge is 2.27. The van der Waals surface area contributed by atoms with Gasteiger partial charge in [0.15, 0.2) is 5.82 Å². The Bertz CT molecular complexity index is 1010. The smallest absolute Gasteiger partial charge is 0.251 e. The molecule has 0 fully saturated rings. The van der Waals surface area contributed by atoms with Crippen LogP contribution in [0, 0.1) is 5.92 Å². The van der Waals surface area contributed by atoms with Crippen molar-refractivity contribution in [2.75, 3.05) is 11.1 Å². The quantitative estimate of drug-likeness (QED) is 0.515. The van der Waals surface area contributed by atoms with Gasteiger partial charge in [-0.2, -0.15) is 0 Å². The number of amides is 2. The molecular formula is C18H19N5O2S3. The lowest BCUT2D eigenvalue weighted by Gasteiger charge is -2.18. The lowest BCUT2D eigenvalue weighted by atomic mass is 9.88. The molecule has 0 saturated heterocycles. The van der Waals surface area contributed by atoms with Gasteiger partial charge in [0.25, 0.3) is 5.91 Å². The second-order valence-electron chi connectivity index (χ2n) is 6.70. The third-order valence-corrected chi connectivity index (χ3v) is 7.46. The molecule has 1 aliphatic carbocycles. The molecule has 0 spiro atoms. The monoisotopic (exact) mass is 433 g/mol. The maximum atomic E-state index is 12.4. The Morgan fingerprint density at radius 1 is 1.46 bits per heavy atom. The summed E-state index contributed by atoms with van der Waals surface area (Å²) in [5.74, 6) is 0.730. The molecule has 0 bridgehead atoms. The van der Waals surface area contributed by atoms with Gasteiger partial charge in [0.05, 0.1) is 16.2 Å². The van der Waals surface area contributed by atoms with Gasteiger partial charge in [-0.05, 0) is 42.2 Å². The maximum absolute atomic E-state index is 12.4. The van der Waals surface area contributed by atoms with Gasteiger partial charge in [0.1, 0.15) is 5.00 Å². The average molecular weight is 434 g/mol. The molecule has 1 aliphatic rings. The Morgan fingerprint density at radius 3 is 3.07 bits per heavy atom. The average Bonchev–Trinajstić information content (AvgIpc) is 3.38. The van der Waals surface area contributed by atoms with Crippen molar-refractivity contribution in [1.29, 1.82) is 0 Å². The number of primary amides is 1. The first kappa shape index (κ1) is 19.2. The number of H-pyrrole nitrogens is 1. The van der Waals surface area contributed by atoms with E-state index in [-0.39, 0.29) is 11.7 Å². The van der Waals surface area contributed by atoms with Gasteiger partial charge >= 0.3 is 0 Å². The molecule has 1 atom stereocenters. The Labute approximate surface area is 174 Å². The van der Waals surface area contributed by atoms with Crippen LogP contribution >= 0.6 is 34.4 Å². The number of aromatic nitrogens is 3. The second kappa shape index (κ2) is 8.06. The zero-order valence-corrected chi connectivity index (χ0v) is 17.6. The lowest BCUT2D eigenvalue weighted by molar-refractivity contribution is -0.113. The highest BCUT2D eigenvalue weighted by atomic mass is 32.2. The van der Waals surface area contributed by atoms with E-state index in [1.54, 1.807) is 11.3 Å². The van der Waals surface area contributed by atoms with Crippen LogP contribution in [0.5, 0.6) is 0 Å². The molecule has 3 heterocycles. The van der Waals surface area contributed by atoms with Gasteiger partial charge in [0, 0.05) is 4.88 Å². The van der Waals surface area contributed by atoms with Crippen LogP contribution in [0.25, 0.3) is 10.7 Å². The van der Waals surface area contributed by atoms with Crippen LogP contribution in [0.15, 0.2) is 22.7 Å². The number of hydrogen-bond donors (Lipinski definition) is 3. The summed E-state index contributed by atoms with van der Waals surface area (Å²) >= 11 is 4.28. The molecule has 28 heavy (non-hydrogen) atoms. The number of hydrogen-bond acceptors (Lipinski definition) is 7. The van der Waals surface area contributed by atoms with Gasteiger partial charge in [-0.1, -0.05) is 24.8 Å². The third kappa shape index (κ3) is 3.98. The number of rotatable bonds is 6. The van der Waals surface area contributed by atoms with Crippen LogP contribution in [-0.4, -0.2) is 32.7 Å². The molecule has 3 aromatic rings. The molecular weight excluding hydrogens is 414 g/mol. The number of carbonyl (C=O) groups is 2. The molecule has 1 unspecified atom stereocenters. The summed E-state index contributed by atoms with van der Waals surface area (Å²) in [7, 11) is 0. The zero-order chi connectivity index (χ0) is 19.7. The third-order valence-electron chi connectivity index (χ3n) is 4.56. The van der Waals surface area contributed by atoms with E-state index in [9.17, 15) is 9.59 Å². The van der Waals surface area contributed by atoms with Crippen molar-refractivity contribution in [3.63, 3.8) is 0 Å². The molecule has 10 heteroatoms. The number of fused-ring (bicyclic) bond motifs is 1. The highest BCUT2D eigenvalue weighted by Crippen LogP contribution is 2.39. The van der Waals surface area contributed by atoms with Crippen LogP contribution < -0.4 is 11.1 Å². The standard InChI is InChI=1S/C18H19N5O2S3/c1-9-4-5-10-12(7-9)28-17(14(10)15(19)25)20-13(24)8-27-18-21-16(22-23-18)11-3-2-6-26-11/h2-3,6,9H,4-5,7-8H2,1H3,(H2,19,25)(H,20,24)(H,21,22,23). The Kier molecular flexibility index (Phi) is 5.51. The van der Waals surface area contributed by atoms with E-state index in [4.69, 9.17) is 5.73 Å². The number of nitrogens with one attached hydrogen (secondary N) is 2. The number of thiophene rings is 2. The van der Waals surface area contributed by atoms with E-state index >= 15 is 0 Å². The van der Waals surface area contributed by atoms with E-state index in [1.807, 2.05) is 17.5 Å². The first-order valence-corrected chi connectivity index (χ1v) is 11.5. The fraction of sp³-hybridized carbons (Fsp3) is 0.333. The van der Waals surface area contributed by atoms with E-state index in [0.29, 0.717) is 27.5 Å². The van der Waals surface area contributed by atoms with Crippen LogP contribution in [0.1, 0.15) is 34.1 Å². The molecule has 4 rings (SSSR count). The fourth-order valence-electron chi connectivity index (χ4n) is 3.23. The SMILES string of the molecule is CC1CCc2c(sc(NC(=O)CSc3n[nH]c(-c4cccs4)n3)c2C(N)=O)C1. The fourth-order valence-corrected chi connectivity index (χ4v) is 5.92. The Morgan fingerprint density at radius 2 is 2.32 bits per heavy atom. The number of anilines is 1. The van der Waals surface area contributed by atoms with Gasteiger partial charge < -0.3 is 11.1 Å². The van der Waals surface area contributed by atoms with Crippen LogP contribution in [0.3, 0.4) is 0 Å². The number of nitrogens with zero attached hydrogens (tertiary/aromatic N) is 2. The molecule has 3 aromatic heterocycles. The van der Waals surface area contributed by atoms with Crippen LogP contribution in [-0.2, 0) is 17.6 Å². The van der Waals surface area contributed by atoms with E-state index < -0.39 is 5.91 Å². The molecule has 0 radical (unpaired) electrons. The van der Waals surface area contributed by atoms with Crippen LogP contribution in [0.4, 0.5) is 5.00 Å². The minimum Gasteiger partial charge on any atom is -0.365 e. The summed E-state index contributed by atoms with van der Waals surface area (Å²) in [5, 5.41) is 12.9. The summed E-state index contributed by atoms with van der Waals surface area (Å²) in [6, 6.07) is 3.90.